The van der Waals surface area contributed by atoms with Gasteiger partial charge in [0.15, 0.2) is 0 Å². The Kier molecular flexibility index (Phi) is 4.71. The van der Waals surface area contributed by atoms with E-state index in [1.54, 1.807) is 6.20 Å². The average molecular weight is 414 g/mol. The van der Waals surface area contributed by atoms with E-state index in [1.165, 1.54) is 6.33 Å². The molecule has 2 fully saturated rings. The molecule has 0 aliphatic carbocycles. The summed E-state index contributed by atoms with van der Waals surface area (Å²) in [7, 11) is 0. The number of nitrogens with zero attached hydrogens (tertiary/aromatic N) is 3. The van der Waals surface area contributed by atoms with Gasteiger partial charge in [-0.25, -0.2) is 9.97 Å². The molecule has 1 amide bonds. The number of piperidine rings is 1. The molecule has 7 heteroatoms. The van der Waals surface area contributed by atoms with E-state index >= 15 is 0 Å². The van der Waals surface area contributed by atoms with E-state index in [-0.39, 0.29) is 23.5 Å². The van der Waals surface area contributed by atoms with Gasteiger partial charge >= 0.3 is 0 Å². The lowest BCUT2D eigenvalue weighted by atomic mass is 9.70. The molecule has 2 saturated heterocycles. The second kappa shape index (κ2) is 7.26. The van der Waals surface area contributed by atoms with Gasteiger partial charge in [0.05, 0.1) is 17.4 Å². The van der Waals surface area contributed by atoms with Crippen molar-refractivity contribution >= 4 is 17.5 Å². The molecule has 0 radical (unpaired) electrons. The molecular formula is C22H24ClN3O3. The summed E-state index contributed by atoms with van der Waals surface area (Å²) in [5.74, 6) is 1.14. The molecule has 0 saturated carbocycles. The number of ether oxygens (including phenoxy) is 2. The number of hydrogen-bond donors (Lipinski definition) is 0. The van der Waals surface area contributed by atoms with Gasteiger partial charge in [-0.1, -0.05) is 11.6 Å². The van der Waals surface area contributed by atoms with Crippen LogP contribution in [0.1, 0.15) is 53.4 Å². The van der Waals surface area contributed by atoms with Crippen LogP contribution in [0.3, 0.4) is 0 Å². The van der Waals surface area contributed by atoms with E-state index in [0.29, 0.717) is 29.4 Å². The molecule has 5 rings (SSSR count). The molecule has 0 unspecified atom stereocenters. The second-order valence-electron chi connectivity index (χ2n) is 8.20. The SMILES string of the molecule is Cc1ncncc1C(=O)N1CCC2(CC1)Oc1ccc(Cl)cc1[C@H]1OCCC[C@@H]12. The van der Waals surface area contributed by atoms with Gasteiger partial charge in [0.1, 0.15) is 17.7 Å². The Bertz CT molecular complexity index is 943. The summed E-state index contributed by atoms with van der Waals surface area (Å²) in [6.45, 7) is 3.91. The molecule has 1 spiro atoms. The van der Waals surface area contributed by atoms with E-state index in [2.05, 4.69) is 9.97 Å². The standard InChI is InChI=1S/C22H24ClN3O3/c1-14-17(12-24-13-25-14)21(27)26-8-6-22(7-9-26)18-3-2-10-28-20(18)16-11-15(23)4-5-19(16)29-22/h4-5,11-13,18,20H,2-3,6-10H2,1H3/t18-,20+/m0/s1. The first-order chi connectivity index (χ1) is 14.1. The van der Waals surface area contributed by atoms with Crippen molar-refractivity contribution < 1.29 is 14.3 Å². The number of fused-ring (bicyclic) bond motifs is 4. The minimum absolute atomic E-state index is 0.00242. The average Bonchev–Trinajstić information content (AvgIpc) is 2.75. The number of carbonyl (C=O) groups excluding carboxylic acids is 1. The van der Waals surface area contributed by atoms with E-state index in [0.717, 1.165) is 43.6 Å². The Labute approximate surface area is 175 Å². The van der Waals surface area contributed by atoms with Gasteiger partial charge in [-0.3, -0.25) is 4.79 Å². The summed E-state index contributed by atoms with van der Waals surface area (Å²) in [5.41, 5.74) is 2.05. The van der Waals surface area contributed by atoms with Crippen molar-refractivity contribution in [1.82, 2.24) is 14.9 Å². The minimum atomic E-state index is -0.301. The lowest BCUT2D eigenvalue weighted by Crippen LogP contribution is -2.57. The maximum Gasteiger partial charge on any atom is 0.257 e. The first kappa shape index (κ1) is 18.8. The highest BCUT2D eigenvalue weighted by atomic mass is 35.5. The number of aromatic nitrogens is 2. The molecular weight excluding hydrogens is 390 g/mol. The molecule has 29 heavy (non-hydrogen) atoms. The number of halogens is 1. The van der Waals surface area contributed by atoms with Crippen molar-refractivity contribution in [2.24, 2.45) is 5.92 Å². The molecule has 152 valence electrons. The molecule has 2 atom stereocenters. The van der Waals surface area contributed by atoms with Crippen LogP contribution in [0.15, 0.2) is 30.7 Å². The van der Waals surface area contributed by atoms with Crippen molar-refractivity contribution in [1.29, 1.82) is 0 Å². The molecule has 3 aliphatic rings. The minimum Gasteiger partial charge on any atom is -0.486 e. The van der Waals surface area contributed by atoms with E-state index < -0.39 is 0 Å². The van der Waals surface area contributed by atoms with Crippen LogP contribution in [0.25, 0.3) is 0 Å². The zero-order chi connectivity index (χ0) is 20.0. The fourth-order valence-corrected chi connectivity index (χ4v) is 5.27. The maximum absolute atomic E-state index is 13.0. The fraction of sp³-hybridized carbons (Fsp3) is 0.500. The Morgan fingerprint density at radius 3 is 2.93 bits per heavy atom. The second-order valence-corrected chi connectivity index (χ2v) is 8.64. The van der Waals surface area contributed by atoms with Crippen molar-refractivity contribution in [2.45, 2.75) is 44.3 Å². The van der Waals surface area contributed by atoms with Crippen molar-refractivity contribution in [2.75, 3.05) is 19.7 Å². The number of aryl methyl sites for hydroxylation is 1. The first-order valence-electron chi connectivity index (χ1n) is 10.2. The van der Waals surface area contributed by atoms with Crippen molar-refractivity contribution in [3.8, 4) is 5.75 Å². The zero-order valence-electron chi connectivity index (χ0n) is 16.4. The van der Waals surface area contributed by atoms with Crippen LogP contribution in [0.2, 0.25) is 5.02 Å². The monoisotopic (exact) mass is 413 g/mol. The summed E-state index contributed by atoms with van der Waals surface area (Å²) in [4.78, 5) is 23.0. The van der Waals surface area contributed by atoms with Crippen LogP contribution in [0, 0.1) is 12.8 Å². The van der Waals surface area contributed by atoms with Crippen molar-refractivity contribution in [3.05, 3.63) is 52.6 Å². The molecule has 3 aliphatic heterocycles. The van der Waals surface area contributed by atoms with Crippen LogP contribution in [0.4, 0.5) is 0 Å². The Morgan fingerprint density at radius 1 is 1.31 bits per heavy atom. The normalized spacial score (nSPS) is 25.1. The van der Waals surface area contributed by atoms with Gasteiger partial charge in [-0.2, -0.15) is 0 Å². The van der Waals surface area contributed by atoms with Gasteiger partial charge in [0, 0.05) is 55.2 Å². The summed E-state index contributed by atoms with van der Waals surface area (Å²) in [6, 6.07) is 5.80. The molecule has 4 heterocycles. The Hall–Kier alpha value is -2.18. The highest BCUT2D eigenvalue weighted by Crippen LogP contribution is 2.53. The largest absolute Gasteiger partial charge is 0.486 e. The predicted octanol–water partition coefficient (Wildman–Crippen LogP) is 3.97. The molecule has 2 aromatic rings. The number of rotatable bonds is 1. The van der Waals surface area contributed by atoms with Gasteiger partial charge in [0.25, 0.3) is 5.91 Å². The molecule has 1 aromatic carbocycles. The highest BCUT2D eigenvalue weighted by Gasteiger charge is 2.52. The van der Waals surface area contributed by atoms with Crippen LogP contribution in [0.5, 0.6) is 5.75 Å². The van der Waals surface area contributed by atoms with Crippen LogP contribution in [-0.2, 0) is 4.74 Å². The maximum atomic E-state index is 13.0. The van der Waals surface area contributed by atoms with Crippen LogP contribution >= 0.6 is 11.6 Å². The fourth-order valence-electron chi connectivity index (χ4n) is 5.09. The summed E-state index contributed by atoms with van der Waals surface area (Å²) in [5, 5.41) is 0.706. The summed E-state index contributed by atoms with van der Waals surface area (Å²) >= 11 is 6.24. The third-order valence-corrected chi connectivity index (χ3v) is 6.86. The van der Waals surface area contributed by atoms with Crippen LogP contribution in [-0.4, -0.2) is 46.1 Å². The summed E-state index contributed by atoms with van der Waals surface area (Å²) < 4.78 is 12.9. The third kappa shape index (κ3) is 3.19. The number of likely N-dealkylation sites (tertiary alicyclic amines) is 1. The number of benzene rings is 1. The van der Waals surface area contributed by atoms with Gasteiger partial charge in [-0.05, 0) is 38.0 Å². The first-order valence-corrected chi connectivity index (χ1v) is 10.6. The van der Waals surface area contributed by atoms with Gasteiger partial charge < -0.3 is 14.4 Å². The Morgan fingerprint density at radius 2 is 2.14 bits per heavy atom. The van der Waals surface area contributed by atoms with Gasteiger partial charge in [0.2, 0.25) is 0 Å². The smallest absolute Gasteiger partial charge is 0.257 e. The quantitative estimate of drug-likeness (QED) is 0.707. The molecule has 0 N–H and O–H groups in total. The van der Waals surface area contributed by atoms with Crippen LogP contribution < -0.4 is 4.74 Å². The van der Waals surface area contributed by atoms with E-state index in [1.807, 2.05) is 30.0 Å². The number of hydrogen-bond acceptors (Lipinski definition) is 5. The molecule has 6 nitrogen and oxygen atoms in total. The van der Waals surface area contributed by atoms with Gasteiger partial charge in [-0.15, -0.1) is 0 Å². The third-order valence-electron chi connectivity index (χ3n) is 6.63. The predicted molar refractivity (Wildman–Crippen MR) is 108 cm³/mol. The zero-order valence-corrected chi connectivity index (χ0v) is 17.2. The highest BCUT2D eigenvalue weighted by molar-refractivity contribution is 6.30. The Balaban J connectivity index is 1.40. The lowest BCUT2D eigenvalue weighted by Gasteiger charge is -2.53. The number of carbonyl (C=O) groups is 1. The topological polar surface area (TPSA) is 64.6 Å². The molecule has 0 bridgehead atoms. The lowest BCUT2D eigenvalue weighted by molar-refractivity contribution is -0.147. The van der Waals surface area contributed by atoms with E-state index in [4.69, 9.17) is 21.1 Å². The molecule has 1 aromatic heterocycles. The van der Waals surface area contributed by atoms with Crippen molar-refractivity contribution in [3.63, 3.8) is 0 Å². The van der Waals surface area contributed by atoms with E-state index in [9.17, 15) is 4.79 Å². The summed E-state index contributed by atoms with van der Waals surface area (Å²) in [6.07, 6.45) is 6.77. The number of amides is 1.